The zero-order valence-electron chi connectivity index (χ0n) is 9.82. The fourth-order valence-corrected chi connectivity index (χ4v) is 1.98. The fourth-order valence-electron chi connectivity index (χ4n) is 1.98. The quantitative estimate of drug-likeness (QED) is 0.678. The van der Waals surface area contributed by atoms with Crippen molar-refractivity contribution in [1.29, 1.82) is 0 Å². The predicted molar refractivity (Wildman–Crippen MR) is 69.8 cm³/mol. The average Bonchev–Trinajstić information content (AvgIpc) is 2.83. The standard InChI is InChI=1S/C13H10N4O2/c14-10-4-2-1-3-8(10)11-5-6-15-12-9(13(18)19)7-16-17(11)12/h1-7H,14H2,(H,18,19). The van der Waals surface area contributed by atoms with Gasteiger partial charge in [0, 0.05) is 17.4 Å². The van der Waals surface area contributed by atoms with Crippen molar-refractivity contribution in [3.63, 3.8) is 0 Å². The van der Waals surface area contributed by atoms with Crippen LogP contribution in [0.1, 0.15) is 10.4 Å². The number of anilines is 1. The van der Waals surface area contributed by atoms with Crippen LogP contribution in [0.15, 0.2) is 42.7 Å². The molecule has 0 aliphatic rings. The highest BCUT2D eigenvalue weighted by Crippen LogP contribution is 2.25. The lowest BCUT2D eigenvalue weighted by Gasteiger charge is -2.07. The van der Waals surface area contributed by atoms with E-state index in [4.69, 9.17) is 10.8 Å². The van der Waals surface area contributed by atoms with E-state index >= 15 is 0 Å². The van der Waals surface area contributed by atoms with Crippen LogP contribution >= 0.6 is 0 Å². The highest BCUT2D eigenvalue weighted by atomic mass is 16.4. The van der Waals surface area contributed by atoms with Crippen LogP contribution in [-0.4, -0.2) is 25.7 Å². The van der Waals surface area contributed by atoms with Crippen LogP contribution in [0.2, 0.25) is 0 Å². The maximum atomic E-state index is 11.1. The van der Waals surface area contributed by atoms with Gasteiger partial charge in [0.1, 0.15) is 5.56 Å². The number of benzene rings is 1. The molecule has 0 unspecified atom stereocenters. The third-order valence-electron chi connectivity index (χ3n) is 2.87. The Morgan fingerprint density at radius 3 is 2.79 bits per heavy atom. The molecular formula is C13H10N4O2. The largest absolute Gasteiger partial charge is 0.477 e. The summed E-state index contributed by atoms with van der Waals surface area (Å²) in [6, 6.07) is 9.08. The van der Waals surface area contributed by atoms with Crippen molar-refractivity contribution in [2.24, 2.45) is 0 Å². The van der Waals surface area contributed by atoms with E-state index < -0.39 is 5.97 Å². The van der Waals surface area contributed by atoms with Crippen molar-refractivity contribution in [3.05, 3.63) is 48.3 Å². The Morgan fingerprint density at radius 2 is 2.05 bits per heavy atom. The summed E-state index contributed by atoms with van der Waals surface area (Å²) in [7, 11) is 0. The number of carboxylic acids is 1. The third kappa shape index (κ3) is 1.70. The van der Waals surface area contributed by atoms with Crippen LogP contribution in [0.3, 0.4) is 0 Å². The monoisotopic (exact) mass is 254 g/mol. The summed E-state index contributed by atoms with van der Waals surface area (Å²) >= 11 is 0. The summed E-state index contributed by atoms with van der Waals surface area (Å²) < 4.78 is 1.48. The Morgan fingerprint density at radius 1 is 1.26 bits per heavy atom. The molecule has 3 N–H and O–H groups in total. The van der Waals surface area contributed by atoms with Gasteiger partial charge in [0.05, 0.1) is 11.9 Å². The summed E-state index contributed by atoms with van der Waals surface area (Å²) in [6.45, 7) is 0. The molecule has 0 aliphatic carbocycles. The first kappa shape index (κ1) is 11.2. The van der Waals surface area contributed by atoms with Crippen LogP contribution in [0.4, 0.5) is 5.69 Å². The molecule has 2 aromatic heterocycles. The van der Waals surface area contributed by atoms with Crippen molar-refractivity contribution in [1.82, 2.24) is 14.6 Å². The molecule has 2 heterocycles. The topological polar surface area (TPSA) is 93.5 Å². The van der Waals surface area contributed by atoms with Crippen LogP contribution in [0.5, 0.6) is 0 Å². The minimum atomic E-state index is -1.05. The first-order valence-electron chi connectivity index (χ1n) is 5.59. The summed E-state index contributed by atoms with van der Waals surface area (Å²) in [4.78, 5) is 15.1. The molecule has 3 aromatic rings. The van der Waals surface area contributed by atoms with Crippen molar-refractivity contribution < 1.29 is 9.90 Å². The molecule has 1 aromatic carbocycles. The molecule has 0 saturated heterocycles. The van der Waals surface area contributed by atoms with Gasteiger partial charge in [0.2, 0.25) is 0 Å². The molecule has 0 amide bonds. The molecule has 3 rings (SSSR count). The number of para-hydroxylation sites is 1. The van der Waals surface area contributed by atoms with Gasteiger partial charge >= 0.3 is 5.97 Å². The molecule has 0 saturated carbocycles. The van der Waals surface area contributed by atoms with Gasteiger partial charge in [-0.3, -0.25) is 0 Å². The number of fused-ring (bicyclic) bond motifs is 1. The number of nitrogens with two attached hydrogens (primary N) is 1. The molecular weight excluding hydrogens is 244 g/mol. The number of aromatic nitrogens is 3. The number of rotatable bonds is 2. The Bertz CT molecular complexity index is 779. The zero-order valence-corrected chi connectivity index (χ0v) is 9.82. The molecule has 6 heteroatoms. The number of carbonyl (C=O) groups is 1. The van der Waals surface area contributed by atoms with Gasteiger partial charge in [-0.1, -0.05) is 18.2 Å². The summed E-state index contributed by atoms with van der Waals surface area (Å²) in [5.74, 6) is -1.05. The van der Waals surface area contributed by atoms with E-state index in [2.05, 4.69) is 10.1 Å². The van der Waals surface area contributed by atoms with Gasteiger partial charge < -0.3 is 10.8 Å². The maximum absolute atomic E-state index is 11.1. The van der Waals surface area contributed by atoms with Gasteiger partial charge in [0.25, 0.3) is 0 Å². The van der Waals surface area contributed by atoms with E-state index in [-0.39, 0.29) is 5.56 Å². The Labute approximate surface area is 108 Å². The Balaban J connectivity index is 2.32. The molecule has 0 spiro atoms. The van der Waals surface area contributed by atoms with Crippen LogP contribution in [-0.2, 0) is 0 Å². The molecule has 0 radical (unpaired) electrons. The van der Waals surface area contributed by atoms with Crippen LogP contribution in [0.25, 0.3) is 16.9 Å². The Kier molecular flexibility index (Phi) is 2.42. The van der Waals surface area contributed by atoms with Crippen LogP contribution in [0, 0.1) is 0 Å². The van der Waals surface area contributed by atoms with E-state index in [1.807, 2.05) is 18.2 Å². The molecule has 0 fully saturated rings. The zero-order chi connectivity index (χ0) is 13.4. The normalized spacial score (nSPS) is 10.7. The number of hydrogen-bond donors (Lipinski definition) is 2. The summed E-state index contributed by atoms with van der Waals surface area (Å²) in [5.41, 5.74) is 8.39. The van der Waals surface area contributed by atoms with E-state index in [0.29, 0.717) is 17.0 Å². The molecule has 0 atom stereocenters. The van der Waals surface area contributed by atoms with Crippen molar-refractivity contribution in [2.75, 3.05) is 5.73 Å². The average molecular weight is 254 g/mol. The SMILES string of the molecule is Nc1ccccc1-c1ccnc2c(C(=O)O)cnn12. The van der Waals surface area contributed by atoms with Gasteiger partial charge in [-0.15, -0.1) is 0 Å². The molecule has 6 nitrogen and oxygen atoms in total. The fraction of sp³-hybridized carbons (Fsp3) is 0. The second-order valence-electron chi connectivity index (χ2n) is 4.02. The predicted octanol–water partition coefficient (Wildman–Crippen LogP) is 1.68. The number of nitrogen functional groups attached to an aromatic ring is 1. The maximum Gasteiger partial charge on any atom is 0.341 e. The first-order chi connectivity index (χ1) is 9.18. The molecule has 94 valence electrons. The van der Waals surface area contributed by atoms with E-state index in [1.165, 1.54) is 10.7 Å². The first-order valence-corrected chi connectivity index (χ1v) is 5.59. The molecule has 19 heavy (non-hydrogen) atoms. The molecule has 0 aliphatic heterocycles. The Hall–Kier alpha value is -2.89. The van der Waals surface area contributed by atoms with Crippen LogP contribution < -0.4 is 5.73 Å². The lowest BCUT2D eigenvalue weighted by atomic mass is 10.1. The minimum Gasteiger partial charge on any atom is -0.477 e. The summed E-state index contributed by atoms with van der Waals surface area (Å²) in [5, 5.41) is 13.1. The van der Waals surface area contributed by atoms with E-state index in [9.17, 15) is 4.79 Å². The number of hydrogen-bond acceptors (Lipinski definition) is 4. The van der Waals surface area contributed by atoms with Gasteiger partial charge in [-0.25, -0.2) is 14.3 Å². The van der Waals surface area contributed by atoms with Gasteiger partial charge in [0.15, 0.2) is 5.65 Å². The second kappa shape index (κ2) is 4.09. The number of aromatic carboxylic acids is 1. The minimum absolute atomic E-state index is 0.0661. The van der Waals surface area contributed by atoms with E-state index in [0.717, 1.165) is 5.56 Å². The van der Waals surface area contributed by atoms with Crippen molar-refractivity contribution >= 4 is 17.3 Å². The highest BCUT2D eigenvalue weighted by molar-refractivity contribution is 5.94. The molecule has 0 bridgehead atoms. The smallest absolute Gasteiger partial charge is 0.341 e. The van der Waals surface area contributed by atoms with Gasteiger partial charge in [-0.2, -0.15) is 5.10 Å². The van der Waals surface area contributed by atoms with Gasteiger partial charge in [-0.05, 0) is 12.1 Å². The van der Waals surface area contributed by atoms with Crippen molar-refractivity contribution in [3.8, 4) is 11.3 Å². The number of nitrogens with zero attached hydrogens (tertiary/aromatic N) is 3. The second-order valence-corrected chi connectivity index (χ2v) is 4.02. The lowest BCUT2D eigenvalue weighted by Crippen LogP contribution is -2.00. The van der Waals surface area contributed by atoms with Crippen molar-refractivity contribution in [2.45, 2.75) is 0 Å². The highest BCUT2D eigenvalue weighted by Gasteiger charge is 2.15. The van der Waals surface area contributed by atoms with E-state index in [1.54, 1.807) is 18.3 Å². The summed E-state index contributed by atoms with van der Waals surface area (Å²) in [6.07, 6.45) is 2.83. The number of carboxylic acid groups (broad SMARTS) is 1. The lowest BCUT2D eigenvalue weighted by molar-refractivity contribution is 0.0699. The third-order valence-corrected chi connectivity index (χ3v) is 2.87.